The van der Waals surface area contributed by atoms with Crippen molar-refractivity contribution in [3.63, 3.8) is 0 Å². The van der Waals surface area contributed by atoms with E-state index in [0.717, 1.165) is 37.2 Å². The lowest BCUT2D eigenvalue weighted by Crippen LogP contribution is -2.37. The highest BCUT2D eigenvalue weighted by atomic mass is 32.1. The van der Waals surface area contributed by atoms with E-state index >= 15 is 0 Å². The second-order valence-electron chi connectivity index (χ2n) is 7.90. The van der Waals surface area contributed by atoms with E-state index in [2.05, 4.69) is 16.8 Å². The molecule has 0 bridgehead atoms. The van der Waals surface area contributed by atoms with E-state index in [1.54, 1.807) is 18.4 Å². The Labute approximate surface area is 193 Å². The molecule has 0 saturated carbocycles. The quantitative estimate of drug-likeness (QED) is 0.425. The van der Waals surface area contributed by atoms with Crippen LogP contribution in [0.1, 0.15) is 34.3 Å². The van der Waals surface area contributed by atoms with Gasteiger partial charge in [0.1, 0.15) is 11.5 Å². The van der Waals surface area contributed by atoms with Gasteiger partial charge in [0.05, 0.1) is 25.4 Å². The van der Waals surface area contributed by atoms with Crippen molar-refractivity contribution in [2.45, 2.75) is 31.9 Å². The van der Waals surface area contributed by atoms with Crippen LogP contribution in [-0.4, -0.2) is 43.8 Å². The van der Waals surface area contributed by atoms with E-state index in [-0.39, 0.29) is 12.0 Å². The molecule has 2 aromatic carbocycles. The molecule has 1 amide bonds. The molecule has 3 aromatic rings. The first-order valence-electron chi connectivity index (χ1n) is 11.0. The molecule has 168 valence electrons. The third-order valence-corrected chi connectivity index (χ3v) is 6.32. The Bertz CT molecular complexity index is 999. The number of para-hydroxylation sites is 1. The molecule has 5 nitrogen and oxygen atoms in total. The van der Waals surface area contributed by atoms with E-state index in [9.17, 15) is 4.79 Å². The first kappa shape index (κ1) is 22.4. The van der Waals surface area contributed by atoms with Crippen LogP contribution >= 0.6 is 11.3 Å². The number of carbonyl (C=O) groups excluding carboxylic acids is 1. The number of hydrogen-bond acceptors (Lipinski definition) is 5. The minimum absolute atomic E-state index is 0.0540. The lowest BCUT2D eigenvalue weighted by atomic mass is 10.1. The van der Waals surface area contributed by atoms with Crippen molar-refractivity contribution in [3.05, 3.63) is 82.0 Å². The molecule has 2 heterocycles. The van der Waals surface area contributed by atoms with Gasteiger partial charge < -0.3 is 19.1 Å². The molecule has 0 aliphatic carbocycles. The number of thiophene rings is 1. The first-order valence-corrected chi connectivity index (χ1v) is 11.9. The van der Waals surface area contributed by atoms with Crippen LogP contribution in [0.4, 0.5) is 0 Å². The highest BCUT2D eigenvalue weighted by molar-refractivity contribution is 7.07. The summed E-state index contributed by atoms with van der Waals surface area (Å²) in [7, 11) is 1.59. The van der Waals surface area contributed by atoms with Gasteiger partial charge in [-0.1, -0.05) is 24.3 Å². The van der Waals surface area contributed by atoms with Crippen LogP contribution in [0.25, 0.3) is 0 Å². The lowest BCUT2D eigenvalue weighted by molar-refractivity contribution is 0.0504. The van der Waals surface area contributed by atoms with E-state index in [1.807, 2.05) is 53.4 Å². The molecule has 0 radical (unpaired) electrons. The number of methoxy groups -OCH3 is 1. The number of ether oxygens (including phenoxy) is 3. The Morgan fingerprint density at radius 1 is 1.16 bits per heavy atom. The Hall–Kier alpha value is -2.83. The molecule has 1 unspecified atom stereocenters. The monoisotopic (exact) mass is 451 g/mol. The fourth-order valence-corrected chi connectivity index (χ4v) is 4.62. The molecule has 1 aromatic heterocycles. The smallest absolute Gasteiger partial charge is 0.258 e. The molecule has 1 fully saturated rings. The van der Waals surface area contributed by atoms with Crippen molar-refractivity contribution in [2.75, 3.05) is 26.9 Å². The average Bonchev–Trinajstić information content (AvgIpc) is 3.53. The number of rotatable bonds is 10. The molecule has 4 rings (SSSR count). The molecule has 0 spiro atoms. The minimum atomic E-state index is -0.0540. The summed E-state index contributed by atoms with van der Waals surface area (Å²) in [6.07, 6.45) is 2.96. The molecule has 1 aliphatic heterocycles. The zero-order valence-electron chi connectivity index (χ0n) is 18.4. The number of amides is 1. The van der Waals surface area contributed by atoms with Crippen LogP contribution in [-0.2, 0) is 17.7 Å². The summed E-state index contributed by atoms with van der Waals surface area (Å²) in [5, 5.41) is 4.23. The third kappa shape index (κ3) is 5.90. The molecular weight excluding hydrogens is 422 g/mol. The van der Waals surface area contributed by atoms with Crippen molar-refractivity contribution in [2.24, 2.45) is 0 Å². The van der Waals surface area contributed by atoms with Crippen molar-refractivity contribution >= 4 is 17.2 Å². The highest BCUT2D eigenvalue weighted by Gasteiger charge is 2.25. The zero-order chi connectivity index (χ0) is 22.2. The number of nitrogens with zero attached hydrogens (tertiary/aromatic N) is 1. The topological polar surface area (TPSA) is 48.0 Å². The summed E-state index contributed by atoms with van der Waals surface area (Å²) in [4.78, 5) is 15.3. The summed E-state index contributed by atoms with van der Waals surface area (Å²) < 4.78 is 17.2. The van der Waals surface area contributed by atoms with Crippen molar-refractivity contribution in [3.8, 4) is 11.5 Å². The maximum atomic E-state index is 13.5. The van der Waals surface area contributed by atoms with Gasteiger partial charge in [0.25, 0.3) is 5.91 Å². The molecule has 1 saturated heterocycles. The molecule has 6 heteroatoms. The standard InChI is InChI=1S/C26H29NO4S/c1-29-25-10-3-2-9-24(25)26(28)27(18-23-8-5-13-30-23)17-21-6-4-7-22(16-21)31-14-11-20-12-15-32-19-20/h2-4,6-7,9-10,12,15-16,19,23H,5,8,11,13-14,17-18H2,1H3. The van der Waals surface area contributed by atoms with Gasteiger partial charge in [-0.3, -0.25) is 4.79 Å². The second-order valence-corrected chi connectivity index (χ2v) is 8.68. The van der Waals surface area contributed by atoms with Gasteiger partial charge in [0.2, 0.25) is 0 Å². The number of hydrogen-bond donors (Lipinski definition) is 0. The normalized spacial score (nSPS) is 15.5. The van der Waals surface area contributed by atoms with Crippen molar-refractivity contribution in [1.82, 2.24) is 4.90 Å². The van der Waals surface area contributed by atoms with E-state index in [1.165, 1.54) is 5.56 Å². The van der Waals surface area contributed by atoms with Gasteiger partial charge in [-0.25, -0.2) is 0 Å². The fourth-order valence-electron chi connectivity index (χ4n) is 3.92. The summed E-state index contributed by atoms with van der Waals surface area (Å²) in [5.74, 6) is 1.35. The minimum Gasteiger partial charge on any atom is -0.496 e. The van der Waals surface area contributed by atoms with Gasteiger partial charge >= 0.3 is 0 Å². The van der Waals surface area contributed by atoms with Crippen LogP contribution in [0.15, 0.2) is 65.4 Å². The summed E-state index contributed by atoms with van der Waals surface area (Å²) in [6.45, 7) is 2.42. The predicted molar refractivity (Wildman–Crippen MR) is 127 cm³/mol. The molecule has 0 N–H and O–H groups in total. The van der Waals surface area contributed by atoms with Gasteiger partial charge in [-0.2, -0.15) is 11.3 Å². The molecule has 1 atom stereocenters. The van der Waals surface area contributed by atoms with Crippen LogP contribution in [0.3, 0.4) is 0 Å². The van der Waals surface area contributed by atoms with Crippen LogP contribution in [0.2, 0.25) is 0 Å². The summed E-state index contributed by atoms with van der Waals surface area (Å²) in [5.41, 5.74) is 2.88. The molecule has 1 aliphatic rings. The first-order chi connectivity index (χ1) is 15.7. The lowest BCUT2D eigenvalue weighted by Gasteiger charge is -2.26. The Morgan fingerprint density at radius 2 is 2.06 bits per heavy atom. The van der Waals surface area contributed by atoms with Crippen LogP contribution in [0.5, 0.6) is 11.5 Å². The Morgan fingerprint density at radius 3 is 2.84 bits per heavy atom. The van der Waals surface area contributed by atoms with Gasteiger partial charge in [-0.15, -0.1) is 0 Å². The van der Waals surface area contributed by atoms with Gasteiger partial charge in [0.15, 0.2) is 0 Å². The number of carbonyl (C=O) groups is 1. The van der Waals surface area contributed by atoms with Crippen molar-refractivity contribution in [1.29, 1.82) is 0 Å². The van der Waals surface area contributed by atoms with E-state index in [0.29, 0.717) is 31.0 Å². The number of benzene rings is 2. The third-order valence-electron chi connectivity index (χ3n) is 5.58. The van der Waals surface area contributed by atoms with E-state index in [4.69, 9.17) is 14.2 Å². The highest BCUT2D eigenvalue weighted by Crippen LogP contribution is 2.24. The van der Waals surface area contributed by atoms with Gasteiger partial charge in [-0.05, 0) is 65.1 Å². The second kappa shape index (κ2) is 11.2. The summed E-state index contributed by atoms with van der Waals surface area (Å²) in [6, 6.07) is 17.5. The van der Waals surface area contributed by atoms with Crippen LogP contribution < -0.4 is 9.47 Å². The maximum Gasteiger partial charge on any atom is 0.258 e. The zero-order valence-corrected chi connectivity index (χ0v) is 19.2. The van der Waals surface area contributed by atoms with E-state index < -0.39 is 0 Å². The fraction of sp³-hybridized carbons (Fsp3) is 0.346. The predicted octanol–water partition coefficient (Wildman–Crippen LogP) is 5.20. The summed E-state index contributed by atoms with van der Waals surface area (Å²) >= 11 is 1.70. The largest absolute Gasteiger partial charge is 0.496 e. The maximum absolute atomic E-state index is 13.5. The Kier molecular flexibility index (Phi) is 7.80. The molecular formula is C26H29NO4S. The van der Waals surface area contributed by atoms with Gasteiger partial charge in [0, 0.05) is 26.1 Å². The average molecular weight is 452 g/mol. The Balaban J connectivity index is 1.47. The SMILES string of the molecule is COc1ccccc1C(=O)N(Cc1cccc(OCCc2ccsc2)c1)CC1CCCO1. The van der Waals surface area contributed by atoms with Crippen LogP contribution in [0, 0.1) is 0 Å². The molecule has 32 heavy (non-hydrogen) atoms. The van der Waals surface area contributed by atoms with Crippen molar-refractivity contribution < 1.29 is 19.0 Å².